The Hall–Kier alpha value is -7.38. The Labute approximate surface area is 417 Å². The summed E-state index contributed by atoms with van der Waals surface area (Å²) < 4.78 is 104. The molecule has 3 N–H and O–H groups in total. The summed E-state index contributed by atoms with van der Waals surface area (Å²) in [6, 6.07) is 10.3. The fourth-order valence-electron chi connectivity index (χ4n) is 6.63. The van der Waals surface area contributed by atoms with E-state index in [1.165, 1.54) is 31.1 Å². The molecule has 0 bridgehead atoms. The van der Waals surface area contributed by atoms with Gasteiger partial charge >= 0.3 is 24.1 Å². The Morgan fingerprint density at radius 3 is 2.07 bits per heavy atom. The molecule has 20 nitrogen and oxygen atoms in total. The number of anilines is 2. The molecule has 7 rings (SSSR count). The second-order valence-corrected chi connectivity index (χ2v) is 17.3. The van der Waals surface area contributed by atoms with Gasteiger partial charge in [-0.05, 0) is 74.6 Å². The molecule has 0 saturated heterocycles. The normalized spacial score (nSPS) is 13.2. The van der Waals surface area contributed by atoms with Crippen molar-refractivity contribution in [2.45, 2.75) is 63.1 Å². The van der Waals surface area contributed by atoms with Gasteiger partial charge < -0.3 is 28.8 Å². The number of methoxy groups -OCH3 is 2. The molecule has 27 heteroatoms. The summed E-state index contributed by atoms with van der Waals surface area (Å²) in [6.45, 7) is 1.54. The minimum Gasteiger partial charge on any atom is -0.481 e. The highest BCUT2D eigenvalue weighted by atomic mass is 35.5. The minimum atomic E-state index is -4.99. The number of pyridine rings is 2. The molecule has 0 atom stereocenters. The van der Waals surface area contributed by atoms with Crippen molar-refractivity contribution in [2.75, 3.05) is 44.3 Å². The number of benzene rings is 2. The minimum absolute atomic E-state index is 0.000883. The van der Waals surface area contributed by atoms with E-state index in [1.807, 2.05) is 12.2 Å². The van der Waals surface area contributed by atoms with E-state index in [0.29, 0.717) is 52.9 Å². The summed E-state index contributed by atoms with van der Waals surface area (Å²) in [7, 11) is -2.39. The van der Waals surface area contributed by atoms with Crippen molar-refractivity contribution in [1.29, 1.82) is 0 Å². The van der Waals surface area contributed by atoms with Crippen molar-refractivity contribution >= 4 is 85.5 Å². The molecule has 0 fully saturated rings. The summed E-state index contributed by atoms with van der Waals surface area (Å²) in [6.07, 6.45) is 2.86. The second kappa shape index (κ2) is 25.1. The van der Waals surface area contributed by atoms with Crippen LogP contribution in [0.25, 0.3) is 10.9 Å². The molecule has 4 amide bonds. The molecule has 3 aromatic heterocycles. The monoisotopic (exact) mass is 1070 g/mol. The van der Waals surface area contributed by atoms with Gasteiger partial charge in [-0.15, -0.1) is 0 Å². The van der Waals surface area contributed by atoms with Crippen LogP contribution in [-0.2, 0) is 40.1 Å². The van der Waals surface area contributed by atoms with E-state index >= 15 is 0 Å². The van der Waals surface area contributed by atoms with Gasteiger partial charge in [-0.1, -0.05) is 43.0 Å². The summed E-state index contributed by atoms with van der Waals surface area (Å²) in [5.41, 5.74) is -0.284. The molecule has 72 heavy (non-hydrogen) atoms. The summed E-state index contributed by atoms with van der Waals surface area (Å²) in [4.78, 5) is 75.0. The lowest BCUT2D eigenvalue weighted by molar-refractivity contribution is -0.146. The van der Waals surface area contributed by atoms with E-state index in [9.17, 15) is 50.0 Å². The van der Waals surface area contributed by atoms with Crippen LogP contribution < -0.4 is 33.9 Å². The molecule has 1 aliphatic heterocycles. The molecule has 0 unspecified atom stereocenters. The third-order valence-corrected chi connectivity index (χ3v) is 11.8. The number of aromatic nitrogens is 4. The zero-order valence-corrected chi connectivity index (χ0v) is 40.5. The van der Waals surface area contributed by atoms with Gasteiger partial charge in [0.2, 0.25) is 17.7 Å². The fraction of sp³-hybridized carbons (Fsp3) is 0.311. The summed E-state index contributed by atoms with van der Waals surface area (Å²) in [5.74, 6) is -3.44. The van der Waals surface area contributed by atoms with Crippen LogP contribution in [0.15, 0.2) is 83.2 Å². The number of ether oxygens (including phenoxy) is 5. The zero-order chi connectivity index (χ0) is 52.8. The van der Waals surface area contributed by atoms with Crippen LogP contribution in [0.2, 0.25) is 10.0 Å². The average molecular weight is 1070 g/mol. The van der Waals surface area contributed by atoms with Crippen molar-refractivity contribution in [3.63, 3.8) is 0 Å². The first-order valence-electron chi connectivity index (χ1n) is 21.3. The number of sulfonamides is 1. The fourth-order valence-corrected chi connectivity index (χ4v) is 8.12. The van der Waals surface area contributed by atoms with Gasteiger partial charge in [0.15, 0.2) is 18.2 Å². The van der Waals surface area contributed by atoms with Crippen LogP contribution in [0.3, 0.4) is 0 Å². The van der Waals surface area contributed by atoms with Gasteiger partial charge in [0, 0.05) is 35.0 Å². The molecule has 2 aliphatic rings. The van der Waals surface area contributed by atoms with E-state index in [4.69, 9.17) is 52.0 Å². The van der Waals surface area contributed by atoms with Crippen LogP contribution in [0.4, 0.5) is 34.0 Å². The number of nitrogens with one attached hydrogen (secondary N) is 2. The summed E-state index contributed by atoms with van der Waals surface area (Å²) in [5, 5.41) is 10.4. The molecule has 0 saturated carbocycles. The van der Waals surface area contributed by atoms with Crippen molar-refractivity contribution in [3.05, 3.63) is 99.6 Å². The first kappa shape index (κ1) is 55.5. The van der Waals surface area contributed by atoms with Crippen molar-refractivity contribution in [2.24, 2.45) is 0 Å². The Kier molecular flexibility index (Phi) is 19.4. The van der Waals surface area contributed by atoms with Crippen LogP contribution in [0.1, 0.15) is 57.4 Å². The number of esters is 1. The number of carboxylic acids is 1. The molecular weight excluding hydrogens is 1030 g/mol. The number of imide groups is 1. The van der Waals surface area contributed by atoms with Crippen molar-refractivity contribution < 1.29 is 78.7 Å². The van der Waals surface area contributed by atoms with Gasteiger partial charge in [-0.3, -0.25) is 19.9 Å². The number of aliphatic carboxylic acids is 1. The molecule has 5 aromatic rings. The Morgan fingerprint density at radius 1 is 0.833 bits per heavy atom. The number of hydrogen-bond donors (Lipinski definition) is 3. The number of alkyl halides is 3. The number of nitrogens with zero attached hydrogens (tertiary/aromatic N) is 5. The molecule has 4 heterocycles. The predicted molar refractivity (Wildman–Crippen MR) is 249 cm³/mol. The maximum absolute atomic E-state index is 14.5. The lowest BCUT2D eigenvalue weighted by Gasteiger charge is -2.18. The molecule has 384 valence electrons. The SMILES string of the molecule is CCCCCOC(=O)COc1cc(N2C(=O)C3=C(CCCC3)C2=O)c(F)cc1Cl.COc1cc(OC)nc(NC(=O)NS(=O)(=O)c2ncccc2C(F)(F)F)n1.O=C(O)COc1ccc(Cl)c2cccnc12. The van der Waals surface area contributed by atoms with Gasteiger partial charge in [0.05, 0.1) is 48.2 Å². The smallest absolute Gasteiger partial charge is 0.419 e. The van der Waals surface area contributed by atoms with Crippen molar-refractivity contribution in [1.82, 2.24) is 24.7 Å². The van der Waals surface area contributed by atoms with Gasteiger partial charge in [-0.25, -0.2) is 33.4 Å². The van der Waals surface area contributed by atoms with E-state index in [2.05, 4.69) is 19.9 Å². The maximum Gasteiger partial charge on any atom is 0.419 e. The molecule has 0 radical (unpaired) electrons. The zero-order valence-electron chi connectivity index (χ0n) is 38.2. The van der Waals surface area contributed by atoms with E-state index in [0.717, 1.165) is 60.7 Å². The lowest BCUT2D eigenvalue weighted by atomic mass is 9.93. The highest BCUT2D eigenvalue weighted by Gasteiger charge is 2.41. The highest BCUT2D eigenvalue weighted by Crippen LogP contribution is 2.40. The Bertz CT molecular complexity index is 2940. The average Bonchev–Trinajstić information content (AvgIpc) is 3.60. The first-order valence-corrected chi connectivity index (χ1v) is 23.5. The maximum atomic E-state index is 14.5. The predicted octanol–water partition coefficient (Wildman–Crippen LogP) is 8.10. The number of halogens is 6. The molecule has 0 spiro atoms. The number of rotatable bonds is 16. The van der Waals surface area contributed by atoms with Gasteiger partial charge in [0.25, 0.3) is 21.8 Å². The third kappa shape index (κ3) is 14.6. The number of carbonyl (C=O) groups excluding carboxylic acids is 4. The van der Waals surface area contributed by atoms with E-state index in [1.54, 1.807) is 30.5 Å². The van der Waals surface area contributed by atoms with Crippen LogP contribution >= 0.6 is 23.2 Å². The van der Waals surface area contributed by atoms with Crippen LogP contribution in [0, 0.1) is 5.82 Å². The quantitative estimate of drug-likeness (QED) is 0.0364. The number of unbranched alkanes of at least 4 members (excludes halogenated alkanes) is 2. The number of carbonyl (C=O) groups is 5. The number of urea groups is 1. The molecular formula is C45H43Cl2F4N7O13S. The Balaban J connectivity index is 0.000000209. The summed E-state index contributed by atoms with van der Waals surface area (Å²) >= 11 is 12.0. The lowest BCUT2D eigenvalue weighted by Crippen LogP contribution is -2.36. The number of carboxylic acid groups (broad SMARTS) is 1. The molecule has 1 aliphatic carbocycles. The van der Waals surface area contributed by atoms with E-state index < -0.39 is 81.6 Å². The van der Waals surface area contributed by atoms with Crippen LogP contribution in [-0.4, -0.2) is 97.3 Å². The third-order valence-electron chi connectivity index (χ3n) is 9.90. The van der Waals surface area contributed by atoms with E-state index in [-0.39, 0.29) is 28.2 Å². The largest absolute Gasteiger partial charge is 0.481 e. The standard InChI is InChI=1S/C21H23ClFNO5.C13H12F3N5O5S.C11H8ClNO3/c1-2-3-6-9-28-19(25)12-29-18-11-17(16(23)10-15(18)22)24-20(26)13-7-4-5-8-14(13)21(24)27;1-25-8-6-9(26-2)19-11(18-8)20-12(22)21-27(23,24)10-7(13(14,15)16)4-3-5-17-10;12-8-3-4-9(16-6-10(14)15)11-7(8)2-1-5-13-11/h10-11H,2-9,12H2,1H3;3-6H,1-2H3,(H2,18,19,20,21,22);1-5H,6H2,(H,14,15). The number of hydrogen-bond acceptors (Lipinski definition) is 16. The Morgan fingerprint density at radius 2 is 1.46 bits per heavy atom. The van der Waals surface area contributed by atoms with Gasteiger partial charge in [-0.2, -0.15) is 31.6 Å². The highest BCUT2D eigenvalue weighted by molar-refractivity contribution is 7.90. The van der Waals surface area contributed by atoms with Crippen LogP contribution in [0.5, 0.6) is 23.3 Å². The first-order chi connectivity index (χ1) is 34.2. The second-order valence-electron chi connectivity index (χ2n) is 14.9. The van der Waals surface area contributed by atoms with Crippen molar-refractivity contribution in [3.8, 4) is 23.3 Å². The van der Waals surface area contributed by atoms with Gasteiger partial charge in [0.1, 0.15) is 22.8 Å². The number of amides is 4. The molecule has 2 aromatic carbocycles. The topological polar surface area (TPSA) is 265 Å². The number of fused-ring (bicyclic) bond motifs is 1.